The van der Waals surface area contributed by atoms with Crippen LogP contribution in [0.25, 0.3) is 0 Å². The first-order valence-corrected chi connectivity index (χ1v) is 8.64. The van der Waals surface area contributed by atoms with E-state index in [9.17, 15) is 9.59 Å². The molecule has 1 N–H and O–H groups in total. The molecule has 0 bridgehead atoms. The highest BCUT2D eigenvalue weighted by molar-refractivity contribution is 5.90. The van der Waals surface area contributed by atoms with Gasteiger partial charge in [-0.1, -0.05) is 26.7 Å². The van der Waals surface area contributed by atoms with Crippen LogP contribution in [-0.2, 0) is 9.53 Å². The number of hydrogen-bond donors (Lipinski definition) is 1. The average Bonchev–Trinajstić information content (AvgIpc) is 2.63. The first kappa shape index (κ1) is 19.1. The molecular formula is C19H27NO5. The summed E-state index contributed by atoms with van der Waals surface area (Å²) in [7, 11) is 2.80. The van der Waals surface area contributed by atoms with Gasteiger partial charge in [0.25, 0.3) is 5.91 Å². The van der Waals surface area contributed by atoms with Crippen LogP contribution in [0.2, 0.25) is 0 Å². The molecule has 0 saturated heterocycles. The van der Waals surface area contributed by atoms with Gasteiger partial charge < -0.3 is 19.5 Å². The molecule has 0 radical (unpaired) electrons. The molecule has 6 nitrogen and oxygen atoms in total. The molecule has 1 saturated carbocycles. The molecule has 2 rings (SSSR count). The van der Waals surface area contributed by atoms with Crippen LogP contribution in [0.15, 0.2) is 18.2 Å². The number of carbonyl (C=O) groups is 2. The van der Waals surface area contributed by atoms with Gasteiger partial charge in [-0.15, -0.1) is 0 Å². The van der Waals surface area contributed by atoms with E-state index in [0.29, 0.717) is 28.9 Å². The molecule has 1 aliphatic carbocycles. The lowest BCUT2D eigenvalue weighted by molar-refractivity contribution is -0.124. The van der Waals surface area contributed by atoms with E-state index in [2.05, 4.69) is 23.9 Å². The number of nitrogens with one attached hydrogen (secondary N) is 1. The van der Waals surface area contributed by atoms with Gasteiger partial charge in [-0.2, -0.15) is 0 Å². The van der Waals surface area contributed by atoms with Crippen molar-refractivity contribution in [3.8, 4) is 11.5 Å². The van der Waals surface area contributed by atoms with Gasteiger partial charge in [0, 0.05) is 6.04 Å². The molecule has 0 aromatic heterocycles. The number of amides is 1. The predicted octanol–water partition coefficient (Wildman–Crippen LogP) is 2.80. The van der Waals surface area contributed by atoms with Crippen molar-refractivity contribution in [3.05, 3.63) is 23.8 Å². The van der Waals surface area contributed by atoms with Gasteiger partial charge in [0.05, 0.1) is 19.8 Å². The monoisotopic (exact) mass is 349 g/mol. The summed E-state index contributed by atoms with van der Waals surface area (Å²) in [4.78, 5) is 23.8. The maximum atomic E-state index is 12.2. The normalized spacial score (nSPS) is 22.8. The van der Waals surface area contributed by atoms with Crippen molar-refractivity contribution in [1.82, 2.24) is 5.32 Å². The molecule has 25 heavy (non-hydrogen) atoms. The Kier molecular flexibility index (Phi) is 6.67. The van der Waals surface area contributed by atoms with Crippen LogP contribution in [0.1, 0.15) is 43.5 Å². The third-order valence-electron chi connectivity index (χ3n) is 5.00. The Morgan fingerprint density at radius 3 is 2.60 bits per heavy atom. The van der Waals surface area contributed by atoms with Gasteiger partial charge in [-0.05, 0) is 36.5 Å². The third kappa shape index (κ3) is 4.87. The van der Waals surface area contributed by atoms with E-state index in [1.165, 1.54) is 26.7 Å². The van der Waals surface area contributed by atoms with Gasteiger partial charge in [-0.3, -0.25) is 4.79 Å². The van der Waals surface area contributed by atoms with Crippen LogP contribution in [0.3, 0.4) is 0 Å². The van der Waals surface area contributed by atoms with Crippen molar-refractivity contribution in [2.75, 3.05) is 20.8 Å². The minimum Gasteiger partial charge on any atom is -0.493 e. The van der Waals surface area contributed by atoms with Crippen molar-refractivity contribution in [3.63, 3.8) is 0 Å². The van der Waals surface area contributed by atoms with Gasteiger partial charge >= 0.3 is 5.97 Å². The van der Waals surface area contributed by atoms with Crippen molar-refractivity contribution < 1.29 is 23.8 Å². The van der Waals surface area contributed by atoms with Crippen molar-refractivity contribution in [1.29, 1.82) is 0 Å². The largest absolute Gasteiger partial charge is 0.493 e. The highest BCUT2D eigenvalue weighted by Crippen LogP contribution is 2.30. The van der Waals surface area contributed by atoms with E-state index in [1.54, 1.807) is 12.1 Å². The summed E-state index contributed by atoms with van der Waals surface area (Å²) in [5.41, 5.74) is 0.362. The molecule has 1 aromatic carbocycles. The Balaban J connectivity index is 1.94. The lowest BCUT2D eigenvalue weighted by atomic mass is 9.78. The Morgan fingerprint density at radius 1 is 1.16 bits per heavy atom. The lowest BCUT2D eigenvalue weighted by Gasteiger charge is -2.34. The Morgan fingerprint density at radius 2 is 1.92 bits per heavy atom. The number of ether oxygens (including phenoxy) is 3. The van der Waals surface area contributed by atoms with Crippen LogP contribution < -0.4 is 14.8 Å². The van der Waals surface area contributed by atoms with E-state index in [-0.39, 0.29) is 18.6 Å². The first-order chi connectivity index (χ1) is 12.0. The maximum Gasteiger partial charge on any atom is 0.337 e. The highest BCUT2D eigenvalue weighted by atomic mass is 16.5. The second kappa shape index (κ2) is 8.74. The molecule has 138 valence electrons. The summed E-state index contributed by atoms with van der Waals surface area (Å²) in [5, 5.41) is 3.07. The molecule has 1 amide bonds. The molecular weight excluding hydrogens is 322 g/mol. The quantitative estimate of drug-likeness (QED) is 0.800. The summed E-state index contributed by atoms with van der Waals surface area (Å²) in [5.74, 6) is 1.27. The van der Waals surface area contributed by atoms with E-state index in [0.717, 1.165) is 12.8 Å². The van der Waals surface area contributed by atoms with Crippen LogP contribution in [-0.4, -0.2) is 38.7 Å². The molecule has 0 heterocycles. The van der Waals surface area contributed by atoms with Crippen molar-refractivity contribution >= 4 is 11.9 Å². The second-order valence-electron chi connectivity index (χ2n) is 6.59. The smallest absolute Gasteiger partial charge is 0.337 e. The number of rotatable bonds is 6. The molecule has 1 aromatic rings. The number of esters is 1. The zero-order valence-corrected chi connectivity index (χ0v) is 15.3. The van der Waals surface area contributed by atoms with Crippen LogP contribution >= 0.6 is 0 Å². The standard InChI is InChI=1S/C19H27NO5/c1-12-6-5-7-15(13(12)2)20-18(21)11-25-16-9-8-14(19(22)24-4)10-17(16)23-3/h8-10,12-13,15H,5-7,11H2,1-4H3,(H,20,21)/t12-,13+,15+/m0/s1. The average molecular weight is 349 g/mol. The van der Waals surface area contributed by atoms with E-state index >= 15 is 0 Å². The van der Waals surface area contributed by atoms with Crippen molar-refractivity contribution in [2.45, 2.75) is 39.2 Å². The summed E-state index contributed by atoms with van der Waals surface area (Å²) < 4.78 is 15.5. The molecule has 0 spiro atoms. The van der Waals surface area contributed by atoms with Crippen molar-refractivity contribution in [2.24, 2.45) is 11.8 Å². The first-order valence-electron chi connectivity index (χ1n) is 8.64. The fourth-order valence-corrected chi connectivity index (χ4v) is 3.21. The topological polar surface area (TPSA) is 73.9 Å². The lowest BCUT2D eigenvalue weighted by Crippen LogP contribution is -2.45. The SMILES string of the molecule is COC(=O)c1ccc(OCC(=O)N[C@@H]2CCC[C@H](C)[C@H]2C)c(OC)c1. The fourth-order valence-electron chi connectivity index (χ4n) is 3.21. The molecule has 3 atom stereocenters. The van der Waals surface area contributed by atoms with Gasteiger partial charge in [0.1, 0.15) is 0 Å². The zero-order chi connectivity index (χ0) is 18.4. The summed E-state index contributed by atoms with van der Waals surface area (Å²) in [6.07, 6.45) is 3.36. The number of hydrogen-bond acceptors (Lipinski definition) is 5. The number of methoxy groups -OCH3 is 2. The highest BCUT2D eigenvalue weighted by Gasteiger charge is 2.28. The van der Waals surface area contributed by atoms with Gasteiger partial charge in [0.15, 0.2) is 18.1 Å². The van der Waals surface area contributed by atoms with E-state index < -0.39 is 5.97 Å². The summed E-state index contributed by atoms with van der Waals surface area (Å²) >= 11 is 0. The Bertz CT molecular complexity index is 616. The van der Waals surface area contributed by atoms with Crippen LogP contribution in [0.4, 0.5) is 0 Å². The van der Waals surface area contributed by atoms with E-state index in [1.807, 2.05) is 0 Å². The minimum atomic E-state index is -0.456. The Hall–Kier alpha value is -2.24. The molecule has 0 aliphatic heterocycles. The van der Waals surface area contributed by atoms with E-state index in [4.69, 9.17) is 9.47 Å². The van der Waals surface area contributed by atoms with Gasteiger partial charge in [0.2, 0.25) is 0 Å². The van der Waals surface area contributed by atoms with Gasteiger partial charge in [-0.25, -0.2) is 4.79 Å². The number of carbonyl (C=O) groups excluding carboxylic acids is 2. The van der Waals surface area contributed by atoms with Crippen LogP contribution in [0.5, 0.6) is 11.5 Å². The second-order valence-corrected chi connectivity index (χ2v) is 6.59. The fraction of sp³-hybridized carbons (Fsp3) is 0.579. The maximum absolute atomic E-state index is 12.2. The summed E-state index contributed by atoms with van der Waals surface area (Å²) in [6.45, 7) is 4.32. The minimum absolute atomic E-state index is 0.0917. The Labute approximate surface area is 148 Å². The molecule has 0 unspecified atom stereocenters. The molecule has 1 fully saturated rings. The predicted molar refractivity (Wildman–Crippen MR) is 93.9 cm³/mol. The molecule has 6 heteroatoms. The number of benzene rings is 1. The molecule has 1 aliphatic rings. The van der Waals surface area contributed by atoms with Crippen LogP contribution in [0, 0.1) is 11.8 Å². The zero-order valence-electron chi connectivity index (χ0n) is 15.3. The third-order valence-corrected chi connectivity index (χ3v) is 5.00. The summed E-state index contributed by atoms with van der Waals surface area (Å²) in [6, 6.07) is 4.91.